The molecule has 1 aromatic carbocycles. The Kier molecular flexibility index (Phi) is 5.10. The molecule has 0 saturated carbocycles. The van der Waals surface area contributed by atoms with Crippen LogP contribution < -0.4 is 3.79 Å². The molecule has 0 aromatic heterocycles. The van der Waals surface area contributed by atoms with E-state index in [0.717, 1.165) is 5.75 Å². The van der Waals surface area contributed by atoms with Crippen molar-refractivity contribution in [1.29, 1.82) is 0 Å². The van der Waals surface area contributed by atoms with Crippen LogP contribution in [-0.4, -0.2) is 14.5 Å². The second kappa shape index (κ2) is 5.94. The SMILES string of the molecule is C[CH2][Al]([CH2]C)[O]c1c(C)cccc1C(C)(C)C. The van der Waals surface area contributed by atoms with E-state index in [1.807, 2.05) is 0 Å². The molecule has 1 rings (SSSR count). The van der Waals surface area contributed by atoms with Crippen LogP contribution in [0.2, 0.25) is 10.6 Å². The third kappa shape index (κ3) is 3.76. The monoisotopic (exact) mass is 248 g/mol. The summed E-state index contributed by atoms with van der Waals surface area (Å²) in [7, 11) is 0. The largest absolute Gasteiger partial charge is 0.642 e. The third-order valence-electron chi connectivity index (χ3n) is 3.22. The minimum atomic E-state index is -1.05. The average Bonchev–Trinajstić information content (AvgIpc) is 2.26. The van der Waals surface area contributed by atoms with Crippen LogP contribution in [0.5, 0.6) is 5.75 Å². The molecule has 0 amide bonds. The lowest BCUT2D eigenvalue weighted by Gasteiger charge is -2.26. The van der Waals surface area contributed by atoms with Crippen molar-refractivity contribution in [1.82, 2.24) is 0 Å². The lowest BCUT2D eigenvalue weighted by Crippen LogP contribution is -2.23. The van der Waals surface area contributed by atoms with E-state index < -0.39 is 14.5 Å². The molecule has 94 valence electrons. The molecule has 0 unspecified atom stereocenters. The summed E-state index contributed by atoms with van der Waals surface area (Å²) in [6, 6.07) is 6.50. The Bertz CT molecular complexity index is 362. The predicted octanol–water partition coefficient (Wildman–Crippen LogP) is 4.70. The average molecular weight is 248 g/mol. The van der Waals surface area contributed by atoms with Crippen molar-refractivity contribution < 1.29 is 3.79 Å². The Balaban J connectivity index is 3.12. The van der Waals surface area contributed by atoms with Crippen LogP contribution in [0.25, 0.3) is 0 Å². The van der Waals surface area contributed by atoms with Gasteiger partial charge in [-0.1, -0.05) is 63.4 Å². The molecule has 0 aliphatic rings. The lowest BCUT2D eigenvalue weighted by atomic mass is 9.85. The Morgan fingerprint density at radius 3 is 2.18 bits per heavy atom. The summed E-state index contributed by atoms with van der Waals surface area (Å²) in [5.41, 5.74) is 2.77. The van der Waals surface area contributed by atoms with Gasteiger partial charge in [-0.3, -0.25) is 0 Å². The summed E-state index contributed by atoms with van der Waals surface area (Å²) in [4.78, 5) is 0. The summed E-state index contributed by atoms with van der Waals surface area (Å²) in [5, 5.41) is 2.41. The first-order chi connectivity index (χ1) is 7.90. The minimum absolute atomic E-state index is 0.155. The molecule has 0 N–H and O–H groups in total. The molecular weight excluding hydrogens is 223 g/mol. The smallest absolute Gasteiger partial charge is 0.546 e. The zero-order chi connectivity index (χ0) is 13.1. The van der Waals surface area contributed by atoms with Gasteiger partial charge >= 0.3 is 14.5 Å². The van der Waals surface area contributed by atoms with E-state index in [1.165, 1.54) is 21.7 Å². The van der Waals surface area contributed by atoms with E-state index in [-0.39, 0.29) is 5.41 Å². The number of hydrogen-bond donors (Lipinski definition) is 0. The van der Waals surface area contributed by atoms with Gasteiger partial charge < -0.3 is 3.79 Å². The van der Waals surface area contributed by atoms with Crippen LogP contribution in [-0.2, 0) is 5.41 Å². The molecule has 17 heavy (non-hydrogen) atoms. The van der Waals surface area contributed by atoms with Crippen molar-refractivity contribution in [3.05, 3.63) is 29.3 Å². The van der Waals surface area contributed by atoms with Crippen molar-refractivity contribution in [2.75, 3.05) is 0 Å². The summed E-state index contributed by atoms with van der Waals surface area (Å²) >= 11 is -1.05. The minimum Gasteiger partial charge on any atom is -0.642 e. The number of aryl methyl sites for hydroxylation is 1. The van der Waals surface area contributed by atoms with Gasteiger partial charge in [0.25, 0.3) is 0 Å². The predicted molar refractivity (Wildman–Crippen MR) is 77.2 cm³/mol. The molecule has 1 nitrogen and oxygen atoms in total. The Hall–Kier alpha value is -0.448. The van der Waals surface area contributed by atoms with Crippen LogP contribution in [0.4, 0.5) is 0 Å². The normalized spacial score (nSPS) is 11.4. The summed E-state index contributed by atoms with van der Waals surface area (Å²) in [6.45, 7) is 13.4. The van der Waals surface area contributed by atoms with Crippen molar-refractivity contribution >= 4 is 14.5 Å². The second-order valence-electron chi connectivity index (χ2n) is 5.76. The molecule has 2 heteroatoms. The van der Waals surface area contributed by atoms with Gasteiger partial charge in [-0.15, -0.1) is 0 Å². The van der Waals surface area contributed by atoms with Crippen molar-refractivity contribution in [3.8, 4) is 5.75 Å². The standard InChI is InChI=1S/C11H16O.2C2H5.Al/c1-8-6-5-7-9(10(8)12)11(2,3)4;2*1-2;/h5-7,12H,1-4H3;2*1H2,2H3;/q;;;+1/p-1. The molecule has 0 radical (unpaired) electrons. The molecule has 0 spiro atoms. The van der Waals surface area contributed by atoms with Crippen molar-refractivity contribution in [2.45, 2.75) is 57.5 Å². The van der Waals surface area contributed by atoms with Gasteiger partial charge in [0.2, 0.25) is 0 Å². The van der Waals surface area contributed by atoms with Crippen LogP contribution in [0.3, 0.4) is 0 Å². The van der Waals surface area contributed by atoms with E-state index in [0.29, 0.717) is 0 Å². The molecule has 0 aliphatic carbocycles. The molecule has 0 atom stereocenters. The number of benzene rings is 1. The molecule has 0 saturated heterocycles. The zero-order valence-corrected chi connectivity index (χ0v) is 13.3. The van der Waals surface area contributed by atoms with Crippen LogP contribution in [0.1, 0.15) is 45.7 Å². The fourth-order valence-electron chi connectivity index (χ4n) is 2.02. The first kappa shape index (κ1) is 14.6. The van der Waals surface area contributed by atoms with Gasteiger partial charge in [0.05, 0.1) is 5.75 Å². The van der Waals surface area contributed by atoms with E-state index in [4.69, 9.17) is 3.79 Å². The maximum atomic E-state index is 6.34. The lowest BCUT2D eigenvalue weighted by molar-refractivity contribution is 0.510. The van der Waals surface area contributed by atoms with Crippen molar-refractivity contribution in [3.63, 3.8) is 0 Å². The van der Waals surface area contributed by atoms with Crippen LogP contribution >= 0.6 is 0 Å². The summed E-state index contributed by atoms with van der Waals surface area (Å²) in [5.74, 6) is 1.15. The quantitative estimate of drug-likeness (QED) is 0.702. The van der Waals surface area contributed by atoms with E-state index in [2.05, 4.69) is 59.7 Å². The number of rotatable bonds is 4. The number of para-hydroxylation sites is 1. The first-order valence-electron chi connectivity index (χ1n) is 6.66. The molecule has 0 fully saturated rings. The molecular formula is C15H25AlO. The summed E-state index contributed by atoms with van der Waals surface area (Å²) < 4.78 is 6.34. The highest BCUT2D eigenvalue weighted by Crippen LogP contribution is 2.34. The van der Waals surface area contributed by atoms with Gasteiger partial charge in [-0.25, -0.2) is 0 Å². The zero-order valence-electron chi connectivity index (χ0n) is 12.1. The fraction of sp³-hybridized carbons (Fsp3) is 0.600. The highest BCUT2D eigenvalue weighted by molar-refractivity contribution is 6.52. The molecule has 0 heterocycles. The molecule has 0 aliphatic heterocycles. The van der Waals surface area contributed by atoms with Crippen molar-refractivity contribution in [2.24, 2.45) is 0 Å². The van der Waals surface area contributed by atoms with E-state index >= 15 is 0 Å². The summed E-state index contributed by atoms with van der Waals surface area (Å²) in [6.07, 6.45) is 0. The van der Waals surface area contributed by atoms with Crippen LogP contribution in [0, 0.1) is 6.92 Å². The maximum Gasteiger partial charge on any atom is 0.546 e. The molecule has 1 aromatic rings. The number of hydrogen-bond acceptors (Lipinski definition) is 1. The Morgan fingerprint density at radius 1 is 1.12 bits per heavy atom. The van der Waals surface area contributed by atoms with E-state index in [1.54, 1.807) is 0 Å². The topological polar surface area (TPSA) is 9.23 Å². The van der Waals surface area contributed by atoms with Gasteiger partial charge in [0.1, 0.15) is 0 Å². The highest BCUT2D eigenvalue weighted by atomic mass is 27.2. The van der Waals surface area contributed by atoms with Gasteiger partial charge in [0.15, 0.2) is 0 Å². The third-order valence-corrected chi connectivity index (χ3v) is 5.61. The van der Waals surface area contributed by atoms with E-state index in [9.17, 15) is 0 Å². The van der Waals surface area contributed by atoms with Gasteiger partial charge in [0, 0.05) is 0 Å². The maximum absolute atomic E-state index is 6.34. The fourth-order valence-corrected chi connectivity index (χ4v) is 3.58. The van der Waals surface area contributed by atoms with Gasteiger partial charge in [-0.05, 0) is 23.5 Å². The highest BCUT2D eigenvalue weighted by Gasteiger charge is 2.24. The second-order valence-corrected chi connectivity index (χ2v) is 8.87. The van der Waals surface area contributed by atoms with Crippen LogP contribution in [0.15, 0.2) is 18.2 Å². The first-order valence-corrected chi connectivity index (χ1v) is 8.77. The Labute approximate surface area is 111 Å². The molecule has 0 bridgehead atoms. The Morgan fingerprint density at radius 2 is 1.71 bits per heavy atom. The van der Waals surface area contributed by atoms with Gasteiger partial charge in [-0.2, -0.15) is 0 Å².